The van der Waals surface area contributed by atoms with E-state index < -0.39 is 11.5 Å². The van der Waals surface area contributed by atoms with Crippen molar-refractivity contribution in [2.45, 2.75) is 31.3 Å². The van der Waals surface area contributed by atoms with Crippen LogP contribution in [0.15, 0.2) is 18.3 Å². The van der Waals surface area contributed by atoms with Crippen molar-refractivity contribution >= 4 is 11.6 Å². The van der Waals surface area contributed by atoms with Crippen LogP contribution in [0.5, 0.6) is 0 Å². The van der Waals surface area contributed by atoms with Gasteiger partial charge in [0.25, 0.3) is 5.91 Å². The Bertz CT molecular complexity index is 414. The lowest BCUT2D eigenvalue weighted by molar-refractivity contribution is 0.0615. The Morgan fingerprint density at radius 3 is 2.88 bits per heavy atom. The number of aromatic nitrogens is 1. The van der Waals surface area contributed by atoms with Gasteiger partial charge in [0.2, 0.25) is 0 Å². The fourth-order valence-electron chi connectivity index (χ4n) is 2.15. The van der Waals surface area contributed by atoms with Crippen LogP contribution in [0.2, 0.25) is 0 Å². The van der Waals surface area contributed by atoms with Gasteiger partial charge in [-0.2, -0.15) is 0 Å². The highest BCUT2D eigenvalue weighted by Crippen LogP contribution is 2.29. The highest BCUT2D eigenvalue weighted by molar-refractivity contribution is 5.91. The number of nitrogens with zero attached hydrogens (tertiary/aromatic N) is 1. The quantitative estimate of drug-likeness (QED) is 0.723. The van der Waals surface area contributed by atoms with Gasteiger partial charge in [-0.1, -0.05) is 12.8 Å². The van der Waals surface area contributed by atoms with Crippen molar-refractivity contribution in [2.24, 2.45) is 5.73 Å². The number of pyridine rings is 1. The van der Waals surface area contributed by atoms with E-state index in [0.717, 1.165) is 31.4 Å². The van der Waals surface area contributed by atoms with E-state index in [4.69, 9.17) is 5.73 Å². The molecule has 1 heterocycles. The lowest BCUT2D eigenvalue weighted by Crippen LogP contribution is -2.33. The first-order chi connectivity index (χ1) is 8.09. The molecule has 1 aliphatic carbocycles. The van der Waals surface area contributed by atoms with Crippen molar-refractivity contribution in [1.82, 2.24) is 4.98 Å². The Morgan fingerprint density at radius 2 is 2.24 bits per heavy atom. The number of nitrogens with two attached hydrogens (primary N) is 1. The standard InChI is InChI=1S/C12H17N3O2/c13-11(16)10-7-9(3-6-14-10)15-8-12(17)4-1-2-5-12/h3,6-7,17H,1-2,4-5,8H2,(H2,13,16)(H,14,15). The van der Waals surface area contributed by atoms with Crippen LogP contribution in [-0.4, -0.2) is 28.1 Å². The predicted octanol–water partition coefficient (Wildman–Crippen LogP) is 0.897. The maximum atomic E-state index is 11.0. The molecule has 0 aromatic carbocycles. The van der Waals surface area contributed by atoms with Crippen LogP contribution in [0.25, 0.3) is 0 Å². The average Bonchev–Trinajstić information content (AvgIpc) is 2.75. The van der Waals surface area contributed by atoms with Gasteiger partial charge >= 0.3 is 0 Å². The molecule has 0 radical (unpaired) electrons. The van der Waals surface area contributed by atoms with Crippen molar-refractivity contribution in [3.05, 3.63) is 24.0 Å². The van der Waals surface area contributed by atoms with E-state index in [1.54, 1.807) is 12.1 Å². The Hall–Kier alpha value is -1.62. The smallest absolute Gasteiger partial charge is 0.267 e. The lowest BCUT2D eigenvalue weighted by Gasteiger charge is -2.23. The Kier molecular flexibility index (Phi) is 3.28. The first-order valence-corrected chi connectivity index (χ1v) is 5.81. The summed E-state index contributed by atoms with van der Waals surface area (Å²) in [7, 11) is 0. The van der Waals surface area contributed by atoms with Gasteiger partial charge in [0.15, 0.2) is 0 Å². The molecule has 4 N–H and O–H groups in total. The second-order valence-corrected chi connectivity index (χ2v) is 4.58. The number of hydrogen-bond donors (Lipinski definition) is 3. The third-order valence-electron chi connectivity index (χ3n) is 3.17. The molecule has 5 nitrogen and oxygen atoms in total. The molecular weight excluding hydrogens is 218 g/mol. The molecule has 0 bridgehead atoms. The molecular formula is C12H17N3O2. The van der Waals surface area contributed by atoms with Crippen molar-refractivity contribution in [1.29, 1.82) is 0 Å². The van der Waals surface area contributed by atoms with Crippen LogP contribution in [-0.2, 0) is 0 Å². The first kappa shape index (κ1) is 11.9. The lowest BCUT2D eigenvalue weighted by atomic mass is 10.0. The van der Waals surface area contributed by atoms with Crippen molar-refractivity contribution in [3.63, 3.8) is 0 Å². The largest absolute Gasteiger partial charge is 0.388 e. The predicted molar refractivity (Wildman–Crippen MR) is 64.7 cm³/mol. The Labute approximate surface area is 100 Å². The topological polar surface area (TPSA) is 88.2 Å². The number of carbonyl (C=O) groups is 1. The SMILES string of the molecule is NC(=O)c1cc(NCC2(O)CCCC2)ccn1. The number of nitrogens with one attached hydrogen (secondary N) is 1. The molecule has 2 rings (SSSR count). The van der Waals surface area contributed by atoms with Gasteiger partial charge in [-0.15, -0.1) is 0 Å². The molecule has 0 spiro atoms. The number of carbonyl (C=O) groups excluding carboxylic acids is 1. The van der Waals surface area contributed by atoms with E-state index in [1.165, 1.54) is 6.20 Å². The zero-order valence-electron chi connectivity index (χ0n) is 9.65. The van der Waals surface area contributed by atoms with Crippen LogP contribution < -0.4 is 11.1 Å². The van der Waals surface area contributed by atoms with Crippen LogP contribution in [0.1, 0.15) is 36.2 Å². The zero-order chi connectivity index (χ0) is 12.3. The minimum Gasteiger partial charge on any atom is -0.388 e. The fourth-order valence-corrected chi connectivity index (χ4v) is 2.15. The molecule has 0 aliphatic heterocycles. The average molecular weight is 235 g/mol. The fraction of sp³-hybridized carbons (Fsp3) is 0.500. The van der Waals surface area contributed by atoms with Crippen LogP contribution >= 0.6 is 0 Å². The van der Waals surface area contributed by atoms with E-state index in [1.807, 2.05) is 0 Å². The Balaban J connectivity index is 1.99. The van der Waals surface area contributed by atoms with Gasteiger partial charge in [-0.05, 0) is 25.0 Å². The number of rotatable bonds is 4. The van der Waals surface area contributed by atoms with Gasteiger partial charge in [0.1, 0.15) is 5.69 Å². The maximum Gasteiger partial charge on any atom is 0.267 e. The van der Waals surface area contributed by atoms with Crippen molar-refractivity contribution < 1.29 is 9.90 Å². The molecule has 5 heteroatoms. The summed E-state index contributed by atoms with van der Waals surface area (Å²) in [6.45, 7) is 0.495. The number of amides is 1. The molecule has 1 aromatic rings. The molecule has 1 aromatic heterocycles. The van der Waals surface area contributed by atoms with Gasteiger partial charge < -0.3 is 16.2 Å². The van der Waals surface area contributed by atoms with Crippen molar-refractivity contribution in [2.75, 3.05) is 11.9 Å². The number of primary amides is 1. The number of anilines is 1. The highest BCUT2D eigenvalue weighted by atomic mass is 16.3. The normalized spacial score (nSPS) is 17.9. The summed E-state index contributed by atoms with van der Waals surface area (Å²) >= 11 is 0. The molecule has 92 valence electrons. The van der Waals surface area contributed by atoms with Crippen LogP contribution in [0, 0.1) is 0 Å². The minimum absolute atomic E-state index is 0.230. The van der Waals surface area contributed by atoms with Crippen LogP contribution in [0.3, 0.4) is 0 Å². The maximum absolute atomic E-state index is 11.0. The van der Waals surface area contributed by atoms with E-state index in [-0.39, 0.29) is 5.69 Å². The molecule has 1 amide bonds. The monoisotopic (exact) mass is 235 g/mol. The summed E-state index contributed by atoms with van der Waals surface area (Å²) in [5, 5.41) is 13.3. The summed E-state index contributed by atoms with van der Waals surface area (Å²) in [4.78, 5) is 14.8. The molecule has 1 saturated carbocycles. The Morgan fingerprint density at radius 1 is 1.53 bits per heavy atom. The molecule has 0 saturated heterocycles. The highest BCUT2D eigenvalue weighted by Gasteiger charge is 2.30. The molecule has 1 fully saturated rings. The molecule has 1 aliphatic rings. The van der Waals surface area contributed by atoms with Gasteiger partial charge in [-0.25, -0.2) is 0 Å². The summed E-state index contributed by atoms with van der Waals surface area (Å²) in [5.74, 6) is -0.548. The summed E-state index contributed by atoms with van der Waals surface area (Å²) in [6, 6.07) is 3.35. The van der Waals surface area contributed by atoms with Gasteiger partial charge in [-0.3, -0.25) is 9.78 Å². The van der Waals surface area contributed by atoms with Gasteiger partial charge in [0, 0.05) is 18.4 Å². The van der Waals surface area contributed by atoms with Crippen LogP contribution in [0.4, 0.5) is 5.69 Å². The summed E-state index contributed by atoms with van der Waals surface area (Å²) in [5.41, 5.74) is 5.52. The van der Waals surface area contributed by atoms with E-state index in [0.29, 0.717) is 6.54 Å². The summed E-state index contributed by atoms with van der Waals surface area (Å²) < 4.78 is 0. The second-order valence-electron chi connectivity index (χ2n) is 4.58. The second kappa shape index (κ2) is 4.71. The van der Waals surface area contributed by atoms with Gasteiger partial charge in [0.05, 0.1) is 5.60 Å². The van der Waals surface area contributed by atoms with E-state index in [9.17, 15) is 9.90 Å². The molecule has 0 atom stereocenters. The van der Waals surface area contributed by atoms with Crippen molar-refractivity contribution in [3.8, 4) is 0 Å². The molecule has 0 unspecified atom stereocenters. The van der Waals surface area contributed by atoms with E-state index >= 15 is 0 Å². The zero-order valence-corrected chi connectivity index (χ0v) is 9.65. The number of aliphatic hydroxyl groups is 1. The third kappa shape index (κ3) is 2.94. The van der Waals surface area contributed by atoms with E-state index in [2.05, 4.69) is 10.3 Å². The molecule has 17 heavy (non-hydrogen) atoms. The first-order valence-electron chi connectivity index (χ1n) is 5.81. The summed E-state index contributed by atoms with van der Waals surface area (Å²) in [6.07, 6.45) is 5.32. The third-order valence-corrected chi connectivity index (χ3v) is 3.17. The number of hydrogen-bond acceptors (Lipinski definition) is 4. The minimum atomic E-state index is -0.615.